The molecule has 5 rings (SSSR count). The highest BCUT2D eigenvalue weighted by molar-refractivity contribution is 6.50. The van der Waals surface area contributed by atoms with E-state index in [4.69, 9.17) is 32.7 Å². The molecule has 1 atom stereocenters. The van der Waals surface area contributed by atoms with Gasteiger partial charge in [0.2, 0.25) is 0 Å². The van der Waals surface area contributed by atoms with Gasteiger partial charge in [0, 0.05) is 35.3 Å². The molecule has 0 bridgehead atoms. The topological polar surface area (TPSA) is 76.0 Å². The maximum Gasteiger partial charge on any atom is 0.340 e. The number of phenols is 1. The van der Waals surface area contributed by atoms with Gasteiger partial charge >= 0.3 is 5.97 Å². The van der Waals surface area contributed by atoms with Crippen LogP contribution in [0.3, 0.4) is 0 Å². The van der Waals surface area contributed by atoms with Crippen molar-refractivity contribution < 1.29 is 24.5 Å². The predicted molar refractivity (Wildman–Crippen MR) is 98.2 cm³/mol. The number of carbonyl (C=O) groups is 1. The number of aliphatic hydroxyl groups is 1. The Hall–Kier alpha value is -2.63. The van der Waals surface area contributed by atoms with Crippen molar-refractivity contribution in [2.45, 2.75) is 16.4 Å². The zero-order valence-electron chi connectivity index (χ0n) is 13.7. The molecule has 2 aromatic rings. The van der Waals surface area contributed by atoms with E-state index in [2.05, 4.69) is 0 Å². The maximum absolute atomic E-state index is 12.7. The van der Waals surface area contributed by atoms with Crippen molar-refractivity contribution in [2.24, 2.45) is 0 Å². The first-order valence-corrected chi connectivity index (χ1v) is 8.95. The first-order chi connectivity index (χ1) is 12.8. The van der Waals surface area contributed by atoms with Crippen LogP contribution in [0.2, 0.25) is 0 Å². The number of carbonyl (C=O) groups excluding carboxylic acids is 1. The van der Waals surface area contributed by atoms with Gasteiger partial charge in [0.15, 0.2) is 9.93 Å². The molecule has 2 N–H and O–H groups in total. The number of hydrogen-bond donors (Lipinski definition) is 2. The van der Waals surface area contributed by atoms with Gasteiger partial charge in [0.25, 0.3) is 0 Å². The molecule has 2 aromatic carbocycles. The summed E-state index contributed by atoms with van der Waals surface area (Å²) >= 11 is 12.6. The van der Waals surface area contributed by atoms with Crippen LogP contribution >= 0.6 is 23.2 Å². The molecule has 2 aliphatic heterocycles. The van der Waals surface area contributed by atoms with Gasteiger partial charge in [-0.25, -0.2) is 4.79 Å². The van der Waals surface area contributed by atoms with Gasteiger partial charge in [-0.2, -0.15) is 0 Å². The predicted octanol–water partition coefficient (Wildman–Crippen LogP) is 4.47. The molecule has 2 heterocycles. The van der Waals surface area contributed by atoms with Crippen molar-refractivity contribution in [3.05, 3.63) is 82.3 Å². The Balaban J connectivity index is 1.87. The monoisotopic (exact) mass is 402 g/mol. The molecule has 0 amide bonds. The fraction of sp³-hybridized carbons (Fsp3) is 0.150. The van der Waals surface area contributed by atoms with Gasteiger partial charge in [-0.15, -0.1) is 0 Å². The Morgan fingerprint density at radius 3 is 2.63 bits per heavy atom. The molecule has 1 unspecified atom stereocenters. The van der Waals surface area contributed by atoms with E-state index in [0.717, 1.165) is 0 Å². The van der Waals surface area contributed by atoms with Crippen LogP contribution in [0.15, 0.2) is 65.6 Å². The number of alkyl halides is 2. The Morgan fingerprint density at radius 2 is 1.81 bits per heavy atom. The lowest BCUT2D eigenvalue weighted by molar-refractivity contribution is 0.0186. The van der Waals surface area contributed by atoms with Crippen LogP contribution < -0.4 is 4.74 Å². The maximum atomic E-state index is 12.7. The number of hydrogen-bond acceptors (Lipinski definition) is 5. The van der Waals surface area contributed by atoms with E-state index < -0.39 is 15.9 Å². The number of halogens is 2. The van der Waals surface area contributed by atoms with E-state index in [-0.39, 0.29) is 23.7 Å². The average molecular weight is 403 g/mol. The number of benzene rings is 2. The quantitative estimate of drug-likeness (QED) is 0.502. The van der Waals surface area contributed by atoms with E-state index in [1.807, 2.05) is 6.07 Å². The molecule has 5 nitrogen and oxygen atoms in total. The standard InChI is InChI=1S/C20H12Cl2O5/c21-19(22)9-14-16(8-17(19)24)26-15-7-10(23)5-6-13(15)20(14)12-4-2-1-3-11(12)18(25)27-20/h1-8,23-24H,9H2. The Bertz CT molecular complexity index is 1090. The summed E-state index contributed by atoms with van der Waals surface area (Å²) in [5.41, 5.74) is 0.852. The number of allylic oxidation sites excluding steroid dienone is 2. The van der Waals surface area contributed by atoms with Gasteiger partial charge in [0.05, 0.1) is 5.56 Å². The van der Waals surface area contributed by atoms with E-state index in [1.165, 1.54) is 18.2 Å². The van der Waals surface area contributed by atoms with E-state index in [1.54, 1.807) is 24.3 Å². The van der Waals surface area contributed by atoms with Gasteiger partial charge in [-0.3, -0.25) is 0 Å². The fourth-order valence-corrected chi connectivity index (χ4v) is 4.29. The summed E-state index contributed by atoms with van der Waals surface area (Å²) in [6, 6.07) is 11.6. The Morgan fingerprint density at radius 1 is 1.04 bits per heavy atom. The van der Waals surface area contributed by atoms with Crippen LogP contribution in [0.1, 0.15) is 27.9 Å². The lowest BCUT2D eigenvalue weighted by atomic mass is 9.74. The molecule has 7 heteroatoms. The van der Waals surface area contributed by atoms with Crippen LogP contribution in [0.4, 0.5) is 0 Å². The highest BCUT2D eigenvalue weighted by Gasteiger charge is 2.57. The zero-order valence-corrected chi connectivity index (χ0v) is 15.2. The fourth-order valence-electron chi connectivity index (χ4n) is 3.91. The molecule has 3 aliphatic rings. The summed E-state index contributed by atoms with van der Waals surface area (Å²) in [6.07, 6.45) is 1.32. The molecular weight excluding hydrogens is 391 g/mol. The van der Waals surface area contributed by atoms with Crippen molar-refractivity contribution in [3.8, 4) is 11.5 Å². The average Bonchev–Trinajstić information content (AvgIpc) is 2.91. The summed E-state index contributed by atoms with van der Waals surface area (Å²) in [5, 5.41) is 20.1. The van der Waals surface area contributed by atoms with E-state index in [9.17, 15) is 15.0 Å². The van der Waals surface area contributed by atoms with Crippen molar-refractivity contribution in [2.75, 3.05) is 0 Å². The molecule has 27 heavy (non-hydrogen) atoms. The van der Waals surface area contributed by atoms with E-state index in [0.29, 0.717) is 28.0 Å². The number of phenolic OH excluding ortho intramolecular Hbond substituents is 1. The Labute approximate surface area is 164 Å². The van der Waals surface area contributed by atoms with Crippen LogP contribution in [-0.2, 0) is 10.3 Å². The summed E-state index contributed by atoms with van der Waals surface area (Å²) < 4.78 is 10.3. The first kappa shape index (κ1) is 16.5. The minimum atomic E-state index is -1.58. The molecule has 0 aromatic heterocycles. The lowest BCUT2D eigenvalue weighted by Gasteiger charge is -2.41. The third-order valence-corrected chi connectivity index (χ3v) is 5.75. The van der Waals surface area contributed by atoms with Crippen molar-refractivity contribution in [1.82, 2.24) is 0 Å². The first-order valence-electron chi connectivity index (χ1n) is 8.20. The summed E-state index contributed by atoms with van der Waals surface area (Å²) in [5.74, 6) is -0.141. The lowest BCUT2D eigenvalue weighted by Crippen LogP contribution is -2.39. The van der Waals surface area contributed by atoms with Crippen molar-refractivity contribution in [3.63, 3.8) is 0 Å². The van der Waals surface area contributed by atoms with Crippen LogP contribution in [0.5, 0.6) is 11.5 Å². The number of fused-ring (bicyclic) bond motifs is 5. The van der Waals surface area contributed by atoms with Crippen LogP contribution in [0.25, 0.3) is 0 Å². The molecular formula is C20H12Cl2O5. The Kier molecular flexibility index (Phi) is 3.19. The third-order valence-electron chi connectivity index (χ3n) is 5.10. The zero-order chi connectivity index (χ0) is 19.0. The highest BCUT2D eigenvalue weighted by atomic mass is 35.5. The van der Waals surface area contributed by atoms with Crippen LogP contribution in [-0.4, -0.2) is 20.5 Å². The normalized spacial score (nSPS) is 24.5. The van der Waals surface area contributed by atoms with Gasteiger partial charge in [0.1, 0.15) is 23.0 Å². The largest absolute Gasteiger partial charge is 0.509 e. The van der Waals surface area contributed by atoms with Gasteiger partial charge < -0.3 is 19.7 Å². The number of aliphatic hydroxyl groups excluding tert-OH is 1. The molecule has 0 radical (unpaired) electrons. The second-order valence-electron chi connectivity index (χ2n) is 6.65. The molecule has 136 valence electrons. The van der Waals surface area contributed by atoms with Crippen molar-refractivity contribution in [1.29, 1.82) is 0 Å². The third kappa shape index (κ3) is 2.10. The molecule has 1 aliphatic carbocycles. The van der Waals surface area contributed by atoms with E-state index >= 15 is 0 Å². The van der Waals surface area contributed by atoms with Gasteiger partial charge in [-0.1, -0.05) is 41.4 Å². The van der Waals surface area contributed by atoms with Gasteiger partial charge in [-0.05, 0) is 18.2 Å². The molecule has 1 spiro atoms. The van der Waals surface area contributed by atoms with Crippen molar-refractivity contribution >= 4 is 29.2 Å². The molecule has 0 fully saturated rings. The number of esters is 1. The minimum Gasteiger partial charge on any atom is -0.509 e. The smallest absolute Gasteiger partial charge is 0.340 e. The summed E-state index contributed by atoms with van der Waals surface area (Å²) in [4.78, 5) is 12.7. The number of rotatable bonds is 0. The highest BCUT2D eigenvalue weighted by Crippen LogP contribution is 2.58. The minimum absolute atomic E-state index is 0.00129. The summed E-state index contributed by atoms with van der Waals surface area (Å²) in [6.45, 7) is 0. The van der Waals surface area contributed by atoms with Crippen LogP contribution in [0, 0.1) is 0 Å². The second kappa shape index (κ2) is 5.21. The second-order valence-corrected chi connectivity index (χ2v) is 8.14. The number of aromatic hydroxyl groups is 1. The number of ether oxygens (including phenoxy) is 2. The SMILES string of the molecule is O=C1OC2(C3=C(C=C(O)C(Cl)(Cl)C3)Oc3cc(O)ccc32)c2ccccc21. The summed E-state index contributed by atoms with van der Waals surface area (Å²) in [7, 11) is 0. The molecule has 0 saturated heterocycles. The molecule has 0 saturated carbocycles.